The molecule has 16 heavy (non-hydrogen) atoms. The lowest BCUT2D eigenvalue weighted by molar-refractivity contribution is 0.100. The number of carbonyl (C=O) groups is 1. The fourth-order valence-electron chi connectivity index (χ4n) is 1.01. The Bertz CT molecular complexity index is 561. The minimum atomic E-state index is -3.99. The first-order chi connectivity index (χ1) is 7.44. The number of para-hydroxylation sites is 1. The topological polar surface area (TPSA) is 138 Å². The van der Waals surface area contributed by atoms with Gasteiger partial charge >= 0.3 is 0 Å². The zero-order valence-electron chi connectivity index (χ0n) is 7.86. The highest BCUT2D eigenvalue weighted by molar-refractivity contribution is 7.90. The van der Waals surface area contributed by atoms with Gasteiger partial charge in [-0.25, -0.2) is 5.14 Å². The van der Waals surface area contributed by atoms with Gasteiger partial charge in [0, 0.05) is 10.5 Å². The Morgan fingerprint density at radius 3 is 2.62 bits per heavy atom. The minimum Gasteiger partial charge on any atom is -0.287 e. The van der Waals surface area contributed by atoms with E-state index < -0.39 is 16.1 Å². The second-order valence-electron chi connectivity index (χ2n) is 2.69. The lowest BCUT2D eigenvalue weighted by atomic mass is 10.2. The van der Waals surface area contributed by atoms with Crippen molar-refractivity contribution in [3.05, 3.63) is 40.3 Å². The minimum absolute atomic E-state index is 0.0394. The molecule has 0 heterocycles. The Balaban J connectivity index is 3.20. The summed E-state index contributed by atoms with van der Waals surface area (Å²) in [5.74, 6) is -0.894. The third-order valence-electron chi connectivity index (χ3n) is 1.55. The van der Waals surface area contributed by atoms with Crippen molar-refractivity contribution in [1.29, 1.82) is 0 Å². The van der Waals surface area contributed by atoms with Crippen molar-refractivity contribution in [3.8, 4) is 0 Å². The van der Waals surface area contributed by atoms with E-state index in [0.717, 1.165) is 0 Å². The number of nitrogens with one attached hydrogen (secondary N) is 1. The number of rotatable bonds is 3. The van der Waals surface area contributed by atoms with Gasteiger partial charge in [0.05, 0.1) is 5.69 Å². The van der Waals surface area contributed by atoms with Gasteiger partial charge in [0.2, 0.25) is 0 Å². The van der Waals surface area contributed by atoms with Crippen LogP contribution in [-0.2, 0) is 10.2 Å². The summed E-state index contributed by atoms with van der Waals surface area (Å²) in [6.45, 7) is 0. The molecule has 0 fully saturated rings. The number of benzene rings is 1. The molecule has 0 saturated carbocycles. The van der Waals surface area contributed by atoms with Crippen molar-refractivity contribution < 1.29 is 13.2 Å². The van der Waals surface area contributed by atoms with Gasteiger partial charge in [0.25, 0.3) is 16.1 Å². The van der Waals surface area contributed by atoms with Crippen LogP contribution in [0.3, 0.4) is 0 Å². The van der Waals surface area contributed by atoms with Gasteiger partial charge in [-0.1, -0.05) is 12.1 Å². The molecule has 0 saturated heterocycles. The molecule has 0 bridgehead atoms. The maximum atomic E-state index is 11.3. The van der Waals surface area contributed by atoms with E-state index in [0.29, 0.717) is 0 Å². The summed E-state index contributed by atoms with van der Waals surface area (Å²) in [5, 5.41) is 7.61. The summed E-state index contributed by atoms with van der Waals surface area (Å²) < 4.78 is 23.5. The number of hydrogen-bond acceptors (Lipinski definition) is 3. The van der Waals surface area contributed by atoms with E-state index in [1.165, 1.54) is 24.3 Å². The fourth-order valence-corrected chi connectivity index (χ4v) is 1.49. The van der Waals surface area contributed by atoms with Gasteiger partial charge in [-0.3, -0.25) is 9.52 Å². The van der Waals surface area contributed by atoms with Gasteiger partial charge in [-0.05, 0) is 22.8 Å². The van der Waals surface area contributed by atoms with Gasteiger partial charge in [-0.15, -0.1) is 0 Å². The smallest absolute Gasteiger partial charge is 0.287 e. The van der Waals surface area contributed by atoms with Crippen LogP contribution in [0, 0.1) is 0 Å². The van der Waals surface area contributed by atoms with Crippen LogP contribution in [0.2, 0.25) is 0 Å². The van der Waals surface area contributed by atoms with Crippen LogP contribution in [0.15, 0.2) is 29.4 Å². The molecular weight excluding hydrogens is 234 g/mol. The first-order valence-electron chi connectivity index (χ1n) is 3.93. The predicted molar refractivity (Wildman–Crippen MR) is 56.6 cm³/mol. The molecule has 9 heteroatoms. The average Bonchev–Trinajstić information content (AvgIpc) is 2.16. The van der Waals surface area contributed by atoms with Crippen LogP contribution in [0.1, 0.15) is 10.4 Å². The van der Waals surface area contributed by atoms with Crippen LogP contribution in [0.5, 0.6) is 0 Å². The van der Waals surface area contributed by atoms with E-state index in [9.17, 15) is 13.2 Å². The molecule has 1 aromatic rings. The molecule has 84 valence electrons. The maximum Gasteiger partial charge on any atom is 0.296 e. The van der Waals surface area contributed by atoms with E-state index in [1.807, 2.05) is 4.72 Å². The van der Waals surface area contributed by atoms with Crippen molar-refractivity contribution in [1.82, 2.24) is 0 Å². The lowest BCUT2D eigenvalue weighted by Crippen LogP contribution is -2.22. The van der Waals surface area contributed by atoms with Crippen LogP contribution in [0.4, 0.5) is 5.69 Å². The van der Waals surface area contributed by atoms with Crippen LogP contribution < -0.4 is 9.86 Å². The average molecular weight is 241 g/mol. The summed E-state index contributed by atoms with van der Waals surface area (Å²) >= 11 is 0. The second kappa shape index (κ2) is 4.62. The van der Waals surface area contributed by atoms with Crippen molar-refractivity contribution in [2.24, 2.45) is 10.3 Å². The molecule has 1 amide bonds. The molecule has 0 aliphatic carbocycles. The molecule has 0 aliphatic heterocycles. The Hall–Kier alpha value is -2.09. The molecule has 3 N–H and O–H groups in total. The van der Waals surface area contributed by atoms with Crippen molar-refractivity contribution in [3.63, 3.8) is 0 Å². The van der Waals surface area contributed by atoms with Crippen molar-refractivity contribution in [2.45, 2.75) is 0 Å². The number of nitrogens with zero attached hydrogens (tertiary/aromatic N) is 3. The third-order valence-corrected chi connectivity index (χ3v) is 2.05. The Morgan fingerprint density at radius 2 is 2.06 bits per heavy atom. The largest absolute Gasteiger partial charge is 0.296 e. The summed E-state index contributed by atoms with van der Waals surface area (Å²) in [5.41, 5.74) is 7.98. The fraction of sp³-hybridized carbons (Fsp3) is 0. The predicted octanol–water partition coefficient (Wildman–Crippen LogP) is 0.752. The van der Waals surface area contributed by atoms with E-state index in [1.54, 1.807) is 0 Å². The zero-order chi connectivity index (χ0) is 12.2. The first-order valence-corrected chi connectivity index (χ1v) is 5.47. The lowest BCUT2D eigenvalue weighted by Gasteiger charge is -2.06. The van der Waals surface area contributed by atoms with E-state index >= 15 is 0 Å². The SMILES string of the molecule is [N-]=[N+]=NC(=O)c1ccccc1NS(N)(=O)=O. The molecule has 8 nitrogen and oxygen atoms in total. The highest BCUT2D eigenvalue weighted by Crippen LogP contribution is 2.16. The number of hydrogen-bond donors (Lipinski definition) is 2. The summed E-state index contributed by atoms with van der Waals surface area (Å²) in [7, 11) is -3.99. The van der Waals surface area contributed by atoms with Gasteiger partial charge < -0.3 is 0 Å². The molecule has 0 radical (unpaired) electrons. The monoisotopic (exact) mass is 241 g/mol. The second-order valence-corrected chi connectivity index (χ2v) is 3.98. The molecule has 0 unspecified atom stereocenters. The molecule has 0 aromatic heterocycles. The Morgan fingerprint density at radius 1 is 1.44 bits per heavy atom. The van der Waals surface area contributed by atoms with Crippen LogP contribution in [0.25, 0.3) is 10.4 Å². The molecule has 0 atom stereocenters. The normalized spacial score (nSPS) is 10.3. The standard InChI is InChI=1S/C7H7N5O3S/c8-12-10-7(13)5-3-1-2-4-6(5)11-16(9,14)15/h1-4,11H,(H2,9,14,15). The van der Waals surface area contributed by atoms with Crippen molar-refractivity contribution in [2.75, 3.05) is 4.72 Å². The number of nitrogens with two attached hydrogens (primary N) is 1. The highest BCUT2D eigenvalue weighted by Gasteiger charge is 2.12. The maximum absolute atomic E-state index is 11.3. The highest BCUT2D eigenvalue weighted by atomic mass is 32.2. The molecule has 1 rings (SSSR count). The van der Waals surface area contributed by atoms with E-state index in [-0.39, 0.29) is 11.3 Å². The van der Waals surface area contributed by atoms with E-state index in [2.05, 4.69) is 10.0 Å². The third kappa shape index (κ3) is 3.24. The van der Waals surface area contributed by atoms with Crippen molar-refractivity contribution >= 4 is 21.8 Å². The van der Waals surface area contributed by atoms with E-state index in [4.69, 9.17) is 10.7 Å². The summed E-state index contributed by atoms with van der Waals surface area (Å²) in [4.78, 5) is 13.6. The Kier molecular flexibility index (Phi) is 3.46. The quantitative estimate of drug-likeness (QED) is 0.458. The number of carbonyl (C=O) groups excluding carboxylic acids is 1. The molecular formula is C7H7N5O3S. The molecule has 0 aliphatic rings. The molecule has 1 aromatic carbocycles. The first kappa shape index (κ1) is 12.0. The summed E-state index contributed by atoms with van der Waals surface area (Å²) in [6, 6.07) is 5.63. The van der Waals surface area contributed by atoms with Gasteiger partial charge in [0.1, 0.15) is 0 Å². The van der Waals surface area contributed by atoms with Crippen LogP contribution >= 0.6 is 0 Å². The Labute approximate surface area is 90.9 Å². The van der Waals surface area contributed by atoms with Gasteiger partial charge in [0.15, 0.2) is 0 Å². The summed E-state index contributed by atoms with van der Waals surface area (Å²) in [6.07, 6.45) is 0. The zero-order valence-corrected chi connectivity index (χ0v) is 8.68. The molecule has 0 spiro atoms. The number of amides is 1. The van der Waals surface area contributed by atoms with Gasteiger partial charge in [-0.2, -0.15) is 8.42 Å². The number of azide groups is 1. The van der Waals surface area contributed by atoms with Crippen LogP contribution in [-0.4, -0.2) is 14.3 Å². The number of anilines is 1.